The lowest BCUT2D eigenvalue weighted by Gasteiger charge is -2.13. The second kappa shape index (κ2) is 5.55. The van der Waals surface area contributed by atoms with Crippen molar-refractivity contribution in [1.29, 1.82) is 0 Å². The van der Waals surface area contributed by atoms with E-state index in [4.69, 9.17) is 4.74 Å². The predicted octanol–water partition coefficient (Wildman–Crippen LogP) is 0.297. The summed E-state index contributed by atoms with van der Waals surface area (Å²) in [5, 5.41) is 0. The van der Waals surface area contributed by atoms with Crippen LogP contribution in [-0.4, -0.2) is 42.3 Å². The molecule has 0 aromatic rings. The van der Waals surface area contributed by atoms with Gasteiger partial charge in [0.05, 0.1) is 19.8 Å². The summed E-state index contributed by atoms with van der Waals surface area (Å²) in [6.45, 7) is 3.94. The van der Waals surface area contributed by atoms with Gasteiger partial charge in [-0.15, -0.1) is 0 Å². The molecule has 0 bridgehead atoms. The summed E-state index contributed by atoms with van der Waals surface area (Å²) in [7, 11) is 0. The maximum absolute atomic E-state index is 11.4. The summed E-state index contributed by atoms with van der Waals surface area (Å²) in [6.07, 6.45) is 1.68. The zero-order valence-electron chi connectivity index (χ0n) is 9.49. The van der Waals surface area contributed by atoms with E-state index in [2.05, 4.69) is 0 Å². The minimum atomic E-state index is -0.294. The normalized spacial score (nSPS) is 15.6. The van der Waals surface area contributed by atoms with Gasteiger partial charge in [-0.3, -0.25) is 19.3 Å². The topological polar surface area (TPSA) is 63.7 Å². The molecule has 0 aromatic carbocycles. The van der Waals surface area contributed by atoms with E-state index in [1.807, 2.05) is 0 Å². The average molecular weight is 225 g/mol. The fourth-order valence-corrected chi connectivity index (χ4v) is 1.32. The van der Waals surface area contributed by atoms with Gasteiger partial charge in [0.25, 0.3) is 11.8 Å². The first-order valence-electron chi connectivity index (χ1n) is 5.13. The molecule has 88 valence electrons. The van der Waals surface area contributed by atoms with Crippen LogP contribution in [0.1, 0.15) is 20.3 Å². The molecule has 0 aliphatic carbocycles. The molecule has 0 aromatic heterocycles. The number of carbonyl (C=O) groups is 3. The smallest absolute Gasteiger partial charge is 0.256 e. The Morgan fingerprint density at radius 1 is 1.38 bits per heavy atom. The van der Waals surface area contributed by atoms with Crippen molar-refractivity contribution in [3.05, 3.63) is 11.6 Å². The molecule has 16 heavy (non-hydrogen) atoms. The van der Waals surface area contributed by atoms with E-state index in [-0.39, 0.29) is 30.7 Å². The molecule has 0 unspecified atom stereocenters. The van der Waals surface area contributed by atoms with Gasteiger partial charge in [-0.25, -0.2) is 0 Å². The van der Waals surface area contributed by atoms with E-state index in [9.17, 15) is 14.4 Å². The van der Waals surface area contributed by atoms with Crippen LogP contribution >= 0.6 is 0 Å². The first-order valence-corrected chi connectivity index (χ1v) is 5.13. The van der Waals surface area contributed by atoms with E-state index >= 15 is 0 Å². The fourth-order valence-electron chi connectivity index (χ4n) is 1.32. The molecule has 1 aliphatic rings. The number of imide groups is 1. The highest BCUT2D eigenvalue weighted by atomic mass is 16.5. The number of Topliss-reactive ketones (excluding diaryl/α,β-unsaturated/α-hetero) is 1. The maximum atomic E-state index is 11.4. The highest BCUT2D eigenvalue weighted by molar-refractivity contribution is 6.15. The molecule has 0 atom stereocenters. The molecule has 1 heterocycles. The van der Waals surface area contributed by atoms with Crippen molar-refractivity contribution < 1.29 is 19.1 Å². The van der Waals surface area contributed by atoms with E-state index in [1.165, 1.54) is 13.0 Å². The van der Waals surface area contributed by atoms with E-state index in [0.717, 1.165) is 4.90 Å². The summed E-state index contributed by atoms with van der Waals surface area (Å²) in [5.74, 6) is -0.497. The largest absolute Gasteiger partial charge is 0.379 e. The number of hydrogen-bond donors (Lipinski definition) is 0. The van der Waals surface area contributed by atoms with E-state index < -0.39 is 0 Å². The molecular weight excluding hydrogens is 210 g/mol. The fraction of sp³-hybridized carbons (Fsp3) is 0.545. The molecule has 2 amide bonds. The van der Waals surface area contributed by atoms with Gasteiger partial charge in [0.1, 0.15) is 5.78 Å². The van der Waals surface area contributed by atoms with Gasteiger partial charge in [-0.1, -0.05) is 0 Å². The number of amides is 2. The van der Waals surface area contributed by atoms with Crippen LogP contribution in [-0.2, 0) is 19.1 Å². The third-order valence-corrected chi connectivity index (χ3v) is 2.25. The van der Waals surface area contributed by atoms with Crippen molar-refractivity contribution in [2.45, 2.75) is 20.3 Å². The van der Waals surface area contributed by atoms with Crippen LogP contribution in [0.2, 0.25) is 0 Å². The van der Waals surface area contributed by atoms with Crippen LogP contribution in [0.3, 0.4) is 0 Å². The molecule has 0 saturated heterocycles. The second-order valence-corrected chi connectivity index (χ2v) is 3.69. The van der Waals surface area contributed by atoms with Gasteiger partial charge in [0.2, 0.25) is 0 Å². The van der Waals surface area contributed by atoms with Crippen molar-refractivity contribution in [1.82, 2.24) is 4.90 Å². The number of ether oxygens (including phenoxy) is 1. The van der Waals surface area contributed by atoms with Crippen molar-refractivity contribution in [2.75, 3.05) is 19.8 Å². The van der Waals surface area contributed by atoms with Crippen molar-refractivity contribution >= 4 is 17.6 Å². The molecule has 0 saturated carbocycles. The van der Waals surface area contributed by atoms with Crippen molar-refractivity contribution in [2.24, 2.45) is 0 Å². The summed E-state index contributed by atoms with van der Waals surface area (Å²) < 4.78 is 5.15. The minimum Gasteiger partial charge on any atom is -0.379 e. The predicted molar refractivity (Wildman–Crippen MR) is 56.6 cm³/mol. The first kappa shape index (κ1) is 12.6. The summed E-state index contributed by atoms with van der Waals surface area (Å²) >= 11 is 0. The molecule has 0 N–H and O–H groups in total. The Bertz CT molecular complexity index is 346. The van der Waals surface area contributed by atoms with E-state index in [1.54, 1.807) is 6.92 Å². The molecule has 0 radical (unpaired) electrons. The van der Waals surface area contributed by atoms with Gasteiger partial charge < -0.3 is 4.74 Å². The highest BCUT2D eigenvalue weighted by Crippen LogP contribution is 2.10. The van der Waals surface area contributed by atoms with Gasteiger partial charge in [-0.05, 0) is 13.8 Å². The van der Waals surface area contributed by atoms with Gasteiger partial charge in [-0.2, -0.15) is 0 Å². The SMILES string of the molecule is CC(=O)CCOCCN1C(=O)C=C(C)C1=O. The molecule has 1 rings (SSSR count). The number of rotatable bonds is 6. The Morgan fingerprint density at radius 2 is 2.06 bits per heavy atom. The Balaban J connectivity index is 2.22. The molecule has 0 spiro atoms. The lowest BCUT2D eigenvalue weighted by Crippen LogP contribution is -2.34. The number of nitrogens with zero attached hydrogens (tertiary/aromatic N) is 1. The second-order valence-electron chi connectivity index (χ2n) is 3.69. The quantitative estimate of drug-likeness (QED) is 0.481. The van der Waals surface area contributed by atoms with Crippen LogP contribution in [0.15, 0.2) is 11.6 Å². The minimum absolute atomic E-state index is 0.0610. The Kier molecular flexibility index (Phi) is 4.37. The van der Waals surface area contributed by atoms with Crippen molar-refractivity contribution in [3.8, 4) is 0 Å². The Hall–Kier alpha value is -1.49. The molecule has 5 nitrogen and oxygen atoms in total. The van der Waals surface area contributed by atoms with Crippen LogP contribution < -0.4 is 0 Å². The van der Waals surface area contributed by atoms with Crippen LogP contribution in [0, 0.1) is 0 Å². The third kappa shape index (κ3) is 3.27. The Labute approximate surface area is 94.1 Å². The maximum Gasteiger partial charge on any atom is 0.256 e. The number of hydrogen-bond acceptors (Lipinski definition) is 4. The molecule has 1 aliphatic heterocycles. The summed E-state index contributed by atoms with van der Waals surface area (Å²) in [6, 6.07) is 0. The zero-order chi connectivity index (χ0) is 12.1. The summed E-state index contributed by atoms with van der Waals surface area (Å²) in [4.78, 5) is 34.4. The molecular formula is C11H15NO4. The van der Waals surface area contributed by atoms with Crippen LogP contribution in [0.5, 0.6) is 0 Å². The Morgan fingerprint density at radius 3 is 2.56 bits per heavy atom. The monoisotopic (exact) mass is 225 g/mol. The lowest BCUT2D eigenvalue weighted by molar-refractivity contribution is -0.138. The number of carbonyl (C=O) groups excluding carboxylic acids is 3. The molecule has 0 fully saturated rings. The highest BCUT2D eigenvalue weighted by Gasteiger charge is 2.27. The molecule has 5 heteroatoms. The first-order chi connectivity index (χ1) is 7.52. The van der Waals surface area contributed by atoms with Crippen LogP contribution in [0.25, 0.3) is 0 Å². The van der Waals surface area contributed by atoms with Gasteiger partial charge in [0.15, 0.2) is 0 Å². The van der Waals surface area contributed by atoms with Crippen LogP contribution in [0.4, 0.5) is 0 Å². The number of ketones is 1. The zero-order valence-corrected chi connectivity index (χ0v) is 9.49. The average Bonchev–Trinajstić information content (AvgIpc) is 2.43. The van der Waals surface area contributed by atoms with Gasteiger partial charge >= 0.3 is 0 Å². The van der Waals surface area contributed by atoms with E-state index in [0.29, 0.717) is 18.6 Å². The van der Waals surface area contributed by atoms with Crippen molar-refractivity contribution in [3.63, 3.8) is 0 Å². The summed E-state index contributed by atoms with van der Waals surface area (Å²) in [5.41, 5.74) is 0.453. The third-order valence-electron chi connectivity index (χ3n) is 2.25. The standard InChI is InChI=1S/C11H15NO4/c1-8-7-10(14)12(11(8)15)4-6-16-5-3-9(2)13/h7H,3-6H2,1-2H3. The van der Waals surface area contributed by atoms with Gasteiger partial charge in [0, 0.05) is 18.1 Å². The lowest BCUT2D eigenvalue weighted by atomic mass is 10.3.